The smallest absolute Gasteiger partial charge is 0.245 e. The minimum atomic E-state index is -3.74. The van der Waals surface area contributed by atoms with Crippen molar-refractivity contribution in [3.8, 4) is 0 Å². The molecule has 3 aromatic rings. The predicted octanol–water partition coefficient (Wildman–Crippen LogP) is 4.55. The zero-order valence-corrected chi connectivity index (χ0v) is 16.6. The zero-order chi connectivity index (χ0) is 19.6. The average molecular weight is 423 g/mol. The van der Waals surface area contributed by atoms with E-state index in [2.05, 4.69) is 5.32 Å². The van der Waals surface area contributed by atoms with E-state index in [0.717, 1.165) is 21.3 Å². The Bertz CT molecular complexity index is 1110. The number of nitrogens with zero attached hydrogens (tertiary/aromatic N) is 1. The largest absolute Gasteiger partial charge is 0.324 e. The number of carbonyl (C=O) groups excluding carboxylic acids is 1. The van der Waals surface area contributed by atoms with Crippen LogP contribution >= 0.6 is 23.2 Å². The Balaban J connectivity index is 1.89. The highest BCUT2D eigenvalue weighted by molar-refractivity contribution is 7.92. The van der Waals surface area contributed by atoms with E-state index in [-0.39, 0.29) is 10.7 Å². The fourth-order valence-corrected chi connectivity index (χ4v) is 4.15. The maximum Gasteiger partial charge on any atom is 0.245 e. The van der Waals surface area contributed by atoms with Gasteiger partial charge in [0, 0.05) is 16.1 Å². The number of hydrogen-bond acceptors (Lipinski definition) is 3. The van der Waals surface area contributed by atoms with Gasteiger partial charge in [-0.25, -0.2) is 8.42 Å². The van der Waals surface area contributed by atoms with E-state index >= 15 is 0 Å². The molecule has 0 aliphatic carbocycles. The average Bonchev–Trinajstić information content (AvgIpc) is 2.60. The highest BCUT2D eigenvalue weighted by Gasteiger charge is 2.23. The SMILES string of the molecule is CS(=O)(=O)N(CC(=O)Nc1cccc2ccccc12)c1ccc(Cl)cc1Cl. The third-order valence-electron chi connectivity index (χ3n) is 3.93. The summed E-state index contributed by atoms with van der Waals surface area (Å²) in [4.78, 5) is 12.6. The minimum Gasteiger partial charge on any atom is -0.324 e. The van der Waals surface area contributed by atoms with Gasteiger partial charge < -0.3 is 5.32 Å². The molecular weight excluding hydrogens is 407 g/mol. The maximum atomic E-state index is 12.6. The molecule has 0 atom stereocenters. The van der Waals surface area contributed by atoms with Gasteiger partial charge in [0.15, 0.2) is 0 Å². The molecule has 1 amide bonds. The first-order valence-corrected chi connectivity index (χ1v) is 10.6. The molecule has 5 nitrogen and oxygen atoms in total. The van der Waals surface area contributed by atoms with Crippen LogP contribution in [0.25, 0.3) is 10.8 Å². The summed E-state index contributed by atoms with van der Waals surface area (Å²) in [6.45, 7) is -0.413. The molecule has 0 radical (unpaired) electrons. The number of nitrogens with one attached hydrogen (secondary N) is 1. The molecule has 0 aliphatic heterocycles. The number of benzene rings is 3. The van der Waals surface area contributed by atoms with Gasteiger partial charge in [0.25, 0.3) is 0 Å². The van der Waals surface area contributed by atoms with Crippen LogP contribution in [0.4, 0.5) is 11.4 Å². The van der Waals surface area contributed by atoms with Crippen molar-refractivity contribution < 1.29 is 13.2 Å². The Labute approximate surface area is 167 Å². The van der Waals surface area contributed by atoms with Gasteiger partial charge in [0.2, 0.25) is 15.9 Å². The van der Waals surface area contributed by atoms with E-state index in [1.807, 2.05) is 36.4 Å². The second-order valence-electron chi connectivity index (χ2n) is 5.94. The lowest BCUT2D eigenvalue weighted by Crippen LogP contribution is -2.37. The molecule has 0 spiro atoms. The fourth-order valence-electron chi connectivity index (χ4n) is 2.72. The number of rotatable bonds is 5. The van der Waals surface area contributed by atoms with Gasteiger partial charge in [-0.1, -0.05) is 59.6 Å². The molecule has 140 valence electrons. The Morgan fingerprint density at radius 3 is 2.44 bits per heavy atom. The third kappa shape index (κ3) is 4.53. The van der Waals surface area contributed by atoms with Crippen LogP contribution < -0.4 is 9.62 Å². The number of halogens is 2. The van der Waals surface area contributed by atoms with E-state index in [1.54, 1.807) is 6.07 Å². The lowest BCUT2D eigenvalue weighted by molar-refractivity contribution is -0.114. The summed E-state index contributed by atoms with van der Waals surface area (Å²) in [7, 11) is -3.74. The van der Waals surface area contributed by atoms with Gasteiger partial charge in [0.1, 0.15) is 6.54 Å². The van der Waals surface area contributed by atoms with Crippen molar-refractivity contribution in [1.29, 1.82) is 0 Å². The lowest BCUT2D eigenvalue weighted by Gasteiger charge is -2.23. The van der Waals surface area contributed by atoms with Crippen LogP contribution in [0.5, 0.6) is 0 Å². The number of carbonyl (C=O) groups is 1. The number of fused-ring (bicyclic) bond motifs is 1. The van der Waals surface area contributed by atoms with Crippen LogP contribution in [0.1, 0.15) is 0 Å². The van der Waals surface area contributed by atoms with Gasteiger partial charge >= 0.3 is 0 Å². The summed E-state index contributed by atoms with van der Waals surface area (Å²) < 4.78 is 25.4. The Morgan fingerprint density at radius 2 is 1.74 bits per heavy atom. The Morgan fingerprint density at radius 1 is 1.04 bits per heavy atom. The Kier molecular flexibility index (Phi) is 5.60. The topological polar surface area (TPSA) is 66.5 Å². The normalized spacial score (nSPS) is 11.4. The summed E-state index contributed by atoms with van der Waals surface area (Å²) in [5.41, 5.74) is 0.797. The molecule has 0 bridgehead atoms. The van der Waals surface area contributed by atoms with E-state index in [9.17, 15) is 13.2 Å². The predicted molar refractivity (Wildman–Crippen MR) is 111 cm³/mol. The fraction of sp³-hybridized carbons (Fsp3) is 0.105. The monoisotopic (exact) mass is 422 g/mol. The molecular formula is C19H16Cl2N2O3S. The minimum absolute atomic E-state index is 0.144. The van der Waals surface area contributed by atoms with Gasteiger partial charge in [-0.3, -0.25) is 9.10 Å². The van der Waals surface area contributed by atoms with Crippen molar-refractivity contribution in [2.45, 2.75) is 0 Å². The van der Waals surface area contributed by atoms with E-state index in [1.165, 1.54) is 18.2 Å². The highest BCUT2D eigenvalue weighted by atomic mass is 35.5. The zero-order valence-electron chi connectivity index (χ0n) is 14.3. The molecule has 0 fully saturated rings. The van der Waals surface area contributed by atoms with E-state index < -0.39 is 22.5 Å². The maximum absolute atomic E-state index is 12.6. The number of sulfonamides is 1. The van der Waals surface area contributed by atoms with Crippen LogP contribution in [0.3, 0.4) is 0 Å². The van der Waals surface area contributed by atoms with Crippen molar-refractivity contribution in [2.24, 2.45) is 0 Å². The van der Waals surface area contributed by atoms with Crippen LogP contribution in [-0.2, 0) is 14.8 Å². The molecule has 0 saturated heterocycles. The molecule has 1 N–H and O–H groups in total. The first-order valence-electron chi connectivity index (χ1n) is 7.96. The van der Waals surface area contributed by atoms with Crippen LogP contribution in [0.2, 0.25) is 10.0 Å². The summed E-state index contributed by atoms with van der Waals surface area (Å²) in [6, 6.07) is 17.5. The number of hydrogen-bond donors (Lipinski definition) is 1. The van der Waals surface area contributed by atoms with Crippen molar-refractivity contribution in [3.63, 3.8) is 0 Å². The molecule has 8 heteroatoms. The molecule has 0 aliphatic rings. The van der Waals surface area contributed by atoms with Crippen molar-refractivity contribution >= 4 is 61.3 Å². The summed E-state index contributed by atoms with van der Waals surface area (Å²) in [6.07, 6.45) is 1.02. The lowest BCUT2D eigenvalue weighted by atomic mass is 10.1. The van der Waals surface area contributed by atoms with Gasteiger partial charge in [-0.15, -0.1) is 0 Å². The molecule has 3 aromatic carbocycles. The first kappa shape index (κ1) is 19.5. The molecule has 0 aromatic heterocycles. The van der Waals surface area contributed by atoms with E-state index in [4.69, 9.17) is 23.2 Å². The number of anilines is 2. The Hall–Kier alpha value is -2.28. The van der Waals surface area contributed by atoms with Crippen LogP contribution in [0.15, 0.2) is 60.7 Å². The van der Waals surface area contributed by atoms with Crippen molar-refractivity contribution in [2.75, 3.05) is 22.4 Å². The molecule has 3 rings (SSSR count). The standard InChI is InChI=1S/C19H16Cl2N2O3S/c1-27(25,26)23(18-10-9-14(20)11-16(18)21)12-19(24)22-17-8-4-6-13-5-2-3-7-15(13)17/h2-11H,12H2,1H3,(H,22,24). The number of amides is 1. The van der Waals surface area contributed by atoms with Gasteiger partial charge in [-0.2, -0.15) is 0 Å². The second kappa shape index (κ2) is 7.76. The van der Waals surface area contributed by atoms with Crippen LogP contribution in [0, 0.1) is 0 Å². The third-order valence-corrected chi connectivity index (χ3v) is 5.59. The van der Waals surface area contributed by atoms with Crippen molar-refractivity contribution in [3.05, 3.63) is 70.7 Å². The summed E-state index contributed by atoms with van der Waals surface area (Å²) in [5, 5.41) is 5.12. The quantitative estimate of drug-likeness (QED) is 0.655. The summed E-state index contributed by atoms with van der Waals surface area (Å²) in [5.74, 6) is -0.484. The molecule has 0 saturated carbocycles. The van der Waals surface area contributed by atoms with Gasteiger partial charge in [0.05, 0.1) is 17.0 Å². The molecule has 0 heterocycles. The second-order valence-corrected chi connectivity index (χ2v) is 8.69. The van der Waals surface area contributed by atoms with E-state index in [0.29, 0.717) is 10.7 Å². The molecule has 27 heavy (non-hydrogen) atoms. The highest BCUT2D eigenvalue weighted by Crippen LogP contribution is 2.30. The first-order chi connectivity index (χ1) is 12.8. The van der Waals surface area contributed by atoms with Crippen LogP contribution in [-0.4, -0.2) is 27.1 Å². The van der Waals surface area contributed by atoms with Crippen molar-refractivity contribution in [1.82, 2.24) is 0 Å². The molecule has 0 unspecified atom stereocenters. The van der Waals surface area contributed by atoms with Gasteiger partial charge in [-0.05, 0) is 29.7 Å². The summed E-state index contributed by atoms with van der Waals surface area (Å²) >= 11 is 12.0.